The van der Waals surface area contributed by atoms with Crippen molar-refractivity contribution in [2.24, 2.45) is 0 Å². The number of hydrogen-bond donors (Lipinski definition) is 0. The summed E-state index contributed by atoms with van der Waals surface area (Å²) in [6.07, 6.45) is 2.34. The van der Waals surface area contributed by atoms with Gasteiger partial charge >= 0.3 is 5.97 Å². The zero-order valence-electron chi connectivity index (χ0n) is 17.6. The molecule has 30 heavy (non-hydrogen) atoms. The average molecular weight is 403 g/mol. The van der Waals surface area contributed by atoms with Crippen molar-refractivity contribution in [3.05, 3.63) is 71.6 Å². The normalized spacial score (nSPS) is 15.8. The highest BCUT2D eigenvalue weighted by Gasteiger charge is 2.28. The molecule has 1 aromatic heterocycles. The van der Waals surface area contributed by atoms with Crippen LogP contribution in [0, 0.1) is 0 Å². The Labute approximate surface area is 176 Å². The third-order valence-corrected chi connectivity index (χ3v) is 5.43. The minimum Gasteiger partial charge on any atom is -0.491 e. The molecule has 1 aliphatic rings. The molecule has 0 saturated carbocycles. The van der Waals surface area contributed by atoms with E-state index in [1.807, 2.05) is 31.5 Å². The first-order chi connectivity index (χ1) is 14.5. The topological polar surface area (TPSA) is 64.6 Å². The smallest absolute Gasteiger partial charge is 0.337 e. The predicted octanol–water partition coefficient (Wildman–Crippen LogP) is 4.76. The van der Waals surface area contributed by atoms with Crippen molar-refractivity contribution < 1.29 is 14.3 Å². The van der Waals surface area contributed by atoms with Crippen LogP contribution in [0.1, 0.15) is 48.0 Å². The van der Waals surface area contributed by atoms with Gasteiger partial charge in [-0.2, -0.15) is 0 Å². The fourth-order valence-corrected chi connectivity index (χ4v) is 3.48. The van der Waals surface area contributed by atoms with Crippen LogP contribution in [0.3, 0.4) is 0 Å². The molecule has 0 radical (unpaired) electrons. The number of benzene rings is 2. The zero-order valence-corrected chi connectivity index (χ0v) is 17.6. The van der Waals surface area contributed by atoms with Crippen LogP contribution in [-0.2, 0) is 9.47 Å². The molecule has 1 aliphatic heterocycles. The number of methoxy groups -OCH3 is 1. The Morgan fingerprint density at radius 1 is 1.13 bits per heavy atom. The number of carbonyl (C=O) groups is 1. The zero-order chi connectivity index (χ0) is 21.3. The summed E-state index contributed by atoms with van der Waals surface area (Å²) in [4.78, 5) is 23.8. The molecule has 6 nitrogen and oxygen atoms in total. The molecule has 0 saturated heterocycles. The van der Waals surface area contributed by atoms with Gasteiger partial charge in [-0.3, -0.25) is 0 Å². The van der Waals surface area contributed by atoms with E-state index in [9.17, 15) is 4.79 Å². The highest BCUT2D eigenvalue weighted by Crippen LogP contribution is 2.39. The fourth-order valence-electron chi connectivity index (χ4n) is 3.48. The van der Waals surface area contributed by atoms with Crippen molar-refractivity contribution in [1.29, 1.82) is 0 Å². The molecular weight excluding hydrogens is 378 g/mol. The van der Waals surface area contributed by atoms with Gasteiger partial charge in [-0.05, 0) is 43.2 Å². The number of rotatable bonds is 5. The van der Waals surface area contributed by atoms with E-state index in [2.05, 4.69) is 30.9 Å². The van der Waals surface area contributed by atoms with E-state index in [1.54, 1.807) is 18.2 Å². The molecule has 154 valence electrons. The summed E-state index contributed by atoms with van der Waals surface area (Å²) in [5.74, 6) is 0.365. The highest BCUT2D eigenvalue weighted by molar-refractivity contribution is 5.93. The molecule has 2 heterocycles. The fraction of sp³-hybridized carbons (Fsp3) is 0.292. The van der Waals surface area contributed by atoms with Gasteiger partial charge in [0, 0.05) is 19.5 Å². The predicted molar refractivity (Wildman–Crippen MR) is 117 cm³/mol. The molecule has 2 aromatic carbocycles. The summed E-state index contributed by atoms with van der Waals surface area (Å²) < 4.78 is 10.9. The van der Waals surface area contributed by atoms with Crippen LogP contribution in [0.5, 0.6) is 0 Å². The Hall–Kier alpha value is -3.41. The second-order valence-corrected chi connectivity index (χ2v) is 7.67. The van der Waals surface area contributed by atoms with E-state index in [-0.39, 0.29) is 12.1 Å². The number of ether oxygens (including phenoxy) is 2. The molecule has 0 spiro atoms. The Morgan fingerprint density at radius 3 is 2.60 bits per heavy atom. The first kappa shape index (κ1) is 19.9. The number of carbonyl (C=O) groups excluding carboxylic acids is 1. The minimum atomic E-state index is -0.391. The number of anilines is 1. The second kappa shape index (κ2) is 8.14. The number of esters is 1. The van der Waals surface area contributed by atoms with Crippen molar-refractivity contribution in [1.82, 2.24) is 9.97 Å². The van der Waals surface area contributed by atoms with Crippen LogP contribution in [0.2, 0.25) is 0 Å². The molecule has 3 aromatic rings. The quantitative estimate of drug-likeness (QED) is 0.572. The molecule has 1 unspecified atom stereocenters. The second-order valence-electron chi connectivity index (χ2n) is 7.67. The van der Waals surface area contributed by atoms with Crippen LogP contribution < -0.4 is 4.90 Å². The van der Waals surface area contributed by atoms with Gasteiger partial charge in [-0.1, -0.05) is 30.3 Å². The first-order valence-electron chi connectivity index (χ1n) is 10.0. The SMILES string of the molecule is COC(=O)c1ccc2nc(C3CC(c4ccccc4)=CO3)c(N(C)C(C)C)nc2c1. The Bertz CT molecular complexity index is 1110. The van der Waals surface area contributed by atoms with Gasteiger partial charge < -0.3 is 14.4 Å². The third kappa shape index (κ3) is 3.73. The maximum Gasteiger partial charge on any atom is 0.337 e. The van der Waals surface area contributed by atoms with Gasteiger partial charge in [0.1, 0.15) is 11.8 Å². The van der Waals surface area contributed by atoms with Crippen molar-refractivity contribution in [2.75, 3.05) is 19.1 Å². The number of aromatic nitrogens is 2. The molecular formula is C24H25N3O3. The van der Waals surface area contributed by atoms with E-state index in [0.29, 0.717) is 11.1 Å². The van der Waals surface area contributed by atoms with Crippen molar-refractivity contribution >= 4 is 28.4 Å². The van der Waals surface area contributed by atoms with Gasteiger partial charge in [0.2, 0.25) is 0 Å². The lowest BCUT2D eigenvalue weighted by Gasteiger charge is -2.26. The van der Waals surface area contributed by atoms with Crippen molar-refractivity contribution in [3.8, 4) is 0 Å². The highest BCUT2D eigenvalue weighted by atomic mass is 16.5. The van der Waals surface area contributed by atoms with Gasteiger partial charge in [-0.25, -0.2) is 14.8 Å². The Morgan fingerprint density at radius 2 is 1.90 bits per heavy atom. The monoisotopic (exact) mass is 403 g/mol. The van der Waals surface area contributed by atoms with Gasteiger partial charge in [0.25, 0.3) is 0 Å². The number of fused-ring (bicyclic) bond motifs is 1. The van der Waals surface area contributed by atoms with Crippen LogP contribution in [0.15, 0.2) is 54.8 Å². The van der Waals surface area contributed by atoms with Gasteiger partial charge in [-0.15, -0.1) is 0 Å². The van der Waals surface area contributed by atoms with E-state index in [4.69, 9.17) is 19.4 Å². The van der Waals surface area contributed by atoms with E-state index < -0.39 is 5.97 Å². The average Bonchev–Trinajstić information content (AvgIpc) is 3.27. The summed E-state index contributed by atoms with van der Waals surface area (Å²) in [5, 5.41) is 0. The van der Waals surface area contributed by atoms with Crippen molar-refractivity contribution in [3.63, 3.8) is 0 Å². The lowest BCUT2D eigenvalue weighted by molar-refractivity contribution is 0.0601. The molecule has 6 heteroatoms. The molecule has 0 bridgehead atoms. The lowest BCUT2D eigenvalue weighted by Crippen LogP contribution is -2.28. The number of nitrogens with zero attached hydrogens (tertiary/aromatic N) is 3. The molecule has 0 fully saturated rings. The molecule has 0 aliphatic carbocycles. The summed E-state index contributed by atoms with van der Waals surface area (Å²) >= 11 is 0. The Balaban J connectivity index is 1.75. The van der Waals surface area contributed by atoms with Crippen LogP contribution in [0.25, 0.3) is 16.6 Å². The molecule has 0 N–H and O–H groups in total. The minimum absolute atomic E-state index is 0.214. The van der Waals surface area contributed by atoms with Crippen LogP contribution in [-0.4, -0.2) is 36.1 Å². The summed E-state index contributed by atoms with van der Waals surface area (Å²) in [6.45, 7) is 4.20. The molecule has 1 atom stereocenters. The third-order valence-electron chi connectivity index (χ3n) is 5.43. The maximum absolute atomic E-state index is 11.9. The van der Waals surface area contributed by atoms with Gasteiger partial charge in [0.15, 0.2) is 5.82 Å². The summed E-state index contributed by atoms with van der Waals surface area (Å²) in [7, 11) is 3.36. The van der Waals surface area contributed by atoms with Gasteiger partial charge in [0.05, 0.1) is 30.0 Å². The van der Waals surface area contributed by atoms with Crippen LogP contribution in [0.4, 0.5) is 5.82 Å². The summed E-state index contributed by atoms with van der Waals surface area (Å²) in [5.41, 5.74) is 4.91. The number of hydrogen-bond acceptors (Lipinski definition) is 6. The van der Waals surface area contributed by atoms with Crippen LogP contribution >= 0.6 is 0 Å². The standard InChI is InChI=1S/C24H25N3O3/c1-15(2)27(3)23-22(21-13-18(14-30-21)16-8-6-5-7-9-16)25-19-11-10-17(24(28)29-4)12-20(19)26-23/h5-12,14-15,21H,13H2,1-4H3. The Kier molecular flexibility index (Phi) is 5.40. The molecule has 0 amide bonds. The maximum atomic E-state index is 11.9. The first-order valence-corrected chi connectivity index (χ1v) is 10.0. The van der Waals surface area contributed by atoms with Crippen molar-refractivity contribution in [2.45, 2.75) is 32.4 Å². The largest absolute Gasteiger partial charge is 0.491 e. The lowest BCUT2D eigenvalue weighted by atomic mass is 10.0. The van der Waals surface area contributed by atoms with E-state index >= 15 is 0 Å². The van der Waals surface area contributed by atoms with E-state index in [1.165, 1.54) is 7.11 Å². The molecule has 4 rings (SSSR count). The summed E-state index contributed by atoms with van der Waals surface area (Å²) in [6, 6.07) is 15.7. The van der Waals surface area contributed by atoms with E-state index in [0.717, 1.165) is 34.6 Å².